The molecule has 3 aromatic rings. The van der Waals surface area contributed by atoms with E-state index in [1.807, 2.05) is 29.9 Å². The quantitative estimate of drug-likeness (QED) is 0.387. The van der Waals surface area contributed by atoms with Crippen LogP contribution in [0, 0.1) is 11.1 Å². The van der Waals surface area contributed by atoms with Crippen molar-refractivity contribution in [3.05, 3.63) is 53.1 Å². The van der Waals surface area contributed by atoms with Gasteiger partial charge in [0.05, 0.1) is 29.5 Å². The van der Waals surface area contributed by atoms with Crippen LogP contribution in [-0.4, -0.2) is 33.0 Å². The molecule has 0 aliphatic heterocycles. The van der Waals surface area contributed by atoms with Gasteiger partial charge in [-0.15, -0.1) is 0 Å². The number of ether oxygens (including phenoxy) is 1. The van der Waals surface area contributed by atoms with Crippen molar-refractivity contribution in [3.63, 3.8) is 0 Å². The predicted molar refractivity (Wildman–Crippen MR) is 131 cm³/mol. The zero-order valence-corrected chi connectivity index (χ0v) is 20.1. The zero-order chi connectivity index (χ0) is 24.2. The van der Waals surface area contributed by atoms with Gasteiger partial charge in [0.15, 0.2) is 5.69 Å². The third kappa shape index (κ3) is 4.72. The first kappa shape index (κ1) is 22.3. The number of pyridine rings is 1. The summed E-state index contributed by atoms with van der Waals surface area (Å²) < 4.78 is 8.87. The molecule has 3 fully saturated rings. The van der Waals surface area contributed by atoms with Gasteiger partial charge in [-0.25, -0.2) is 0 Å². The molecule has 3 aliphatic rings. The van der Waals surface area contributed by atoms with E-state index in [0.717, 1.165) is 67.0 Å². The molecule has 3 aliphatic carbocycles. The Morgan fingerprint density at radius 1 is 1.23 bits per heavy atom. The van der Waals surface area contributed by atoms with Gasteiger partial charge in [-0.05, 0) is 76.3 Å². The highest BCUT2D eigenvalue weighted by Gasteiger charge is 2.33. The van der Waals surface area contributed by atoms with Gasteiger partial charge in [-0.2, -0.15) is 9.83 Å². The first-order valence-corrected chi connectivity index (χ1v) is 12.8. The van der Waals surface area contributed by atoms with Crippen molar-refractivity contribution in [2.45, 2.75) is 75.9 Å². The van der Waals surface area contributed by atoms with E-state index in [1.54, 1.807) is 18.2 Å². The summed E-state index contributed by atoms with van der Waals surface area (Å²) in [5, 5.41) is 31.8. The Hall–Kier alpha value is -3.13. The van der Waals surface area contributed by atoms with Crippen molar-refractivity contribution < 1.29 is 19.4 Å². The molecule has 6 rings (SSSR count). The number of carbonyl (C=O) groups excluding carboxylic acids is 1. The van der Waals surface area contributed by atoms with Crippen molar-refractivity contribution >= 4 is 22.5 Å². The summed E-state index contributed by atoms with van der Waals surface area (Å²) in [7, 11) is 0. The van der Waals surface area contributed by atoms with Crippen molar-refractivity contribution in [2.75, 3.05) is 11.9 Å². The maximum atomic E-state index is 13.2. The Morgan fingerprint density at radius 3 is 2.71 bits per heavy atom. The number of benzene rings is 1. The summed E-state index contributed by atoms with van der Waals surface area (Å²) in [5.74, 6) is 0.939. The van der Waals surface area contributed by atoms with Crippen LogP contribution >= 0.6 is 0 Å². The maximum absolute atomic E-state index is 13.2. The lowest BCUT2D eigenvalue weighted by molar-refractivity contribution is -0.616. The Kier molecular flexibility index (Phi) is 5.44. The second-order valence-electron chi connectivity index (χ2n) is 10.9. The summed E-state index contributed by atoms with van der Waals surface area (Å²) >= 11 is 0. The summed E-state index contributed by atoms with van der Waals surface area (Å²) in [5.41, 5.74) is 1.50. The summed E-state index contributed by atoms with van der Waals surface area (Å²) in [6.45, 7) is 2.50. The molecule has 8 nitrogen and oxygen atoms in total. The molecule has 0 spiro atoms. The molecular formula is C27H32N4O4. The van der Waals surface area contributed by atoms with Gasteiger partial charge < -0.3 is 20.4 Å². The third-order valence-corrected chi connectivity index (χ3v) is 7.65. The van der Waals surface area contributed by atoms with Crippen molar-refractivity contribution in [3.8, 4) is 5.75 Å². The van der Waals surface area contributed by atoms with E-state index >= 15 is 0 Å². The molecule has 0 saturated heterocycles. The minimum Gasteiger partial charge on any atom is -0.618 e. The Bertz CT molecular complexity index is 1270. The van der Waals surface area contributed by atoms with Gasteiger partial charge in [0.1, 0.15) is 5.75 Å². The number of fused-ring (bicyclic) bond motifs is 1. The fourth-order valence-corrected chi connectivity index (χ4v) is 5.00. The van der Waals surface area contributed by atoms with Crippen LogP contribution in [0.3, 0.4) is 0 Å². The molecule has 2 N–H and O–H groups in total. The molecule has 0 radical (unpaired) electrons. The largest absolute Gasteiger partial charge is 0.618 e. The van der Waals surface area contributed by atoms with Crippen molar-refractivity contribution in [1.29, 1.82) is 0 Å². The number of hydrogen-bond donors (Lipinski definition) is 2. The molecule has 1 amide bonds. The fraction of sp³-hybridized carbons (Fsp3) is 0.519. The summed E-state index contributed by atoms with van der Waals surface area (Å²) in [6, 6.07) is 9.15. The number of rotatable bonds is 7. The minimum atomic E-state index is -0.598. The number of aliphatic hydroxyl groups is 1. The van der Waals surface area contributed by atoms with Gasteiger partial charge in [0.2, 0.25) is 0 Å². The second kappa shape index (κ2) is 8.52. The standard InChI is InChI=1S/C27H32N4O4/c1-27(33)11-9-20(10-12-27)30-15-19-13-22(25(14-21(19)29-30)35-16-17-5-6-17)28-26(32)24-4-2-3-23(31(24)34)18-7-8-18/h2-4,13-15,17-18,20,33H,5-12,16H2,1H3,(H,28,32). The Balaban J connectivity index is 1.29. The smallest absolute Gasteiger partial charge is 0.321 e. The van der Waals surface area contributed by atoms with E-state index in [4.69, 9.17) is 9.84 Å². The molecule has 2 aromatic heterocycles. The van der Waals surface area contributed by atoms with Crippen LogP contribution in [0.4, 0.5) is 5.69 Å². The molecule has 0 bridgehead atoms. The highest BCUT2D eigenvalue weighted by atomic mass is 16.5. The molecular weight excluding hydrogens is 444 g/mol. The van der Waals surface area contributed by atoms with Crippen LogP contribution < -0.4 is 14.8 Å². The number of hydrogen-bond acceptors (Lipinski definition) is 5. The molecule has 35 heavy (non-hydrogen) atoms. The lowest BCUT2D eigenvalue weighted by atomic mass is 9.84. The molecule has 1 aromatic carbocycles. The highest BCUT2D eigenvalue weighted by molar-refractivity contribution is 6.04. The van der Waals surface area contributed by atoms with E-state index in [0.29, 0.717) is 29.7 Å². The fourth-order valence-electron chi connectivity index (χ4n) is 5.00. The number of carbonyl (C=O) groups is 1. The van der Waals surface area contributed by atoms with E-state index in [-0.39, 0.29) is 17.7 Å². The lowest BCUT2D eigenvalue weighted by Crippen LogP contribution is -2.40. The topological polar surface area (TPSA) is 103 Å². The van der Waals surface area contributed by atoms with E-state index in [2.05, 4.69) is 5.32 Å². The minimum absolute atomic E-state index is 0.0904. The van der Waals surface area contributed by atoms with Crippen LogP contribution in [0.2, 0.25) is 0 Å². The first-order chi connectivity index (χ1) is 16.9. The average molecular weight is 477 g/mol. The number of nitrogens with one attached hydrogen (secondary N) is 1. The number of anilines is 1. The number of nitrogens with zero attached hydrogens (tertiary/aromatic N) is 3. The maximum Gasteiger partial charge on any atom is 0.321 e. The lowest BCUT2D eigenvalue weighted by Gasteiger charge is -2.33. The summed E-state index contributed by atoms with van der Waals surface area (Å²) in [6.07, 6.45) is 9.55. The van der Waals surface area contributed by atoms with Crippen molar-refractivity contribution in [2.24, 2.45) is 5.92 Å². The molecule has 3 saturated carbocycles. The van der Waals surface area contributed by atoms with E-state index in [9.17, 15) is 15.1 Å². The average Bonchev–Trinajstić information content (AvgIpc) is 3.75. The van der Waals surface area contributed by atoms with Gasteiger partial charge >= 0.3 is 5.91 Å². The SMILES string of the molecule is CC1(O)CCC(n2cc3cc(NC(=O)c4cccc(C5CC5)[n+]4[O-])c(OCC4CC4)cc3n2)CC1. The molecule has 8 heteroatoms. The predicted octanol–water partition coefficient (Wildman–Crippen LogP) is 4.45. The van der Waals surface area contributed by atoms with E-state index < -0.39 is 11.5 Å². The van der Waals surface area contributed by atoms with E-state index in [1.165, 1.54) is 0 Å². The Morgan fingerprint density at radius 2 is 2.00 bits per heavy atom. The van der Waals surface area contributed by atoms with Gasteiger partial charge in [-0.3, -0.25) is 9.48 Å². The zero-order valence-electron chi connectivity index (χ0n) is 20.1. The molecule has 0 atom stereocenters. The first-order valence-electron chi connectivity index (χ1n) is 12.8. The molecule has 0 unspecified atom stereocenters. The van der Waals surface area contributed by atoms with Gasteiger partial charge in [0.25, 0.3) is 5.69 Å². The highest BCUT2D eigenvalue weighted by Crippen LogP contribution is 2.39. The third-order valence-electron chi connectivity index (χ3n) is 7.65. The monoisotopic (exact) mass is 476 g/mol. The van der Waals surface area contributed by atoms with Crippen molar-refractivity contribution in [1.82, 2.24) is 9.78 Å². The van der Waals surface area contributed by atoms with Crippen LogP contribution in [-0.2, 0) is 0 Å². The van der Waals surface area contributed by atoms with Crippen LogP contribution in [0.15, 0.2) is 36.5 Å². The number of amides is 1. The summed E-state index contributed by atoms with van der Waals surface area (Å²) in [4.78, 5) is 13.2. The second-order valence-corrected chi connectivity index (χ2v) is 10.9. The molecule has 2 heterocycles. The van der Waals surface area contributed by atoms with Crippen LogP contribution in [0.1, 0.15) is 86.4 Å². The van der Waals surface area contributed by atoms with Crippen LogP contribution in [0.5, 0.6) is 5.75 Å². The molecule has 184 valence electrons. The van der Waals surface area contributed by atoms with Gasteiger partial charge in [-0.1, -0.05) is 0 Å². The van der Waals surface area contributed by atoms with Crippen LogP contribution in [0.25, 0.3) is 10.9 Å². The number of aromatic nitrogens is 3. The normalized spacial score (nSPS) is 24.5. The Labute approximate surface area is 204 Å². The van der Waals surface area contributed by atoms with Gasteiger partial charge in [0, 0.05) is 35.7 Å².